The summed E-state index contributed by atoms with van der Waals surface area (Å²) in [6, 6.07) is 1.52. The lowest BCUT2D eigenvalue weighted by molar-refractivity contribution is 0.340. The van der Waals surface area contributed by atoms with E-state index in [0.717, 1.165) is 5.75 Å². The summed E-state index contributed by atoms with van der Waals surface area (Å²) < 4.78 is 27.1. The molecule has 2 N–H and O–H groups in total. The number of nitrogens with zero attached hydrogens (tertiary/aromatic N) is 2. The molecule has 0 spiro atoms. The standard InChI is InChI=1S/C14H19N3O2S2/c1-11-12(2)20-7-6-17(11)21(18,19)14-8-13(4-3-5-15)9-16-10-14/h8-12H,5-7,15H2,1-2H3. The maximum absolute atomic E-state index is 12.8. The van der Waals surface area contributed by atoms with E-state index in [0.29, 0.717) is 12.1 Å². The minimum absolute atomic E-state index is 0.0347. The van der Waals surface area contributed by atoms with Crippen molar-refractivity contribution >= 4 is 21.8 Å². The molecule has 0 radical (unpaired) electrons. The Bertz CT molecular complexity index is 664. The van der Waals surface area contributed by atoms with Crippen molar-refractivity contribution in [3.8, 4) is 11.8 Å². The predicted molar refractivity (Wildman–Crippen MR) is 85.4 cm³/mol. The highest BCUT2D eigenvalue weighted by Gasteiger charge is 2.35. The molecule has 21 heavy (non-hydrogen) atoms. The fourth-order valence-electron chi connectivity index (χ4n) is 2.16. The molecular formula is C14H19N3O2S2. The average molecular weight is 325 g/mol. The van der Waals surface area contributed by atoms with Crippen LogP contribution in [0.5, 0.6) is 0 Å². The molecular weight excluding hydrogens is 306 g/mol. The summed E-state index contributed by atoms with van der Waals surface area (Å²) in [7, 11) is -3.53. The van der Waals surface area contributed by atoms with Gasteiger partial charge in [0.05, 0.1) is 6.54 Å². The molecule has 114 valence electrons. The largest absolute Gasteiger partial charge is 0.320 e. The summed E-state index contributed by atoms with van der Waals surface area (Å²) >= 11 is 1.80. The molecule has 0 saturated carbocycles. The van der Waals surface area contributed by atoms with E-state index in [9.17, 15) is 8.42 Å². The van der Waals surface area contributed by atoms with Crippen LogP contribution in [0, 0.1) is 11.8 Å². The molecule has 1 saturated heterocycles. The Balaban J connectivity index is 2.35. The van der Waals surface area contributed by atoms with Crippen LogP contribution in [0.4, 0.5) is 0 Å². The van der Waals surface area contributed by atoms with E-state index in [4.69, 9.17) is 5.73 Å². The first-order valence-corrected chi connectivity index (χ1v) is 9.23. The van der Waals surface area contributed by atoms with E-state index in [1.807, 2.05) is 6.92 Å². The highest BCUT2D eigenvalue weighted by atomic mass is 32.2. The second-order valence-corrected chi connectivity index (χ2v) is 8.22. The number of hydrogen-bond donors (Lipinski definition) is 1. The predicted octanol–water partition coefficient (Wildman–Crippen LogP) is 0.906. The molecule has 2 heterocycles. The summed E-state index contributed by atoms with van der Waals surface area (Å²) in [5.74, 6) is 6.33. The molecule has 7 heteroatoms. The highest BCUT2D eigenvalue weighted by molar-refractivity contribution is 8.00. The van der Waals surface area contributed by atoms with Crippen LogP contribution >= 0.6 is 11.8 Å². The average Bonchev–Trinajstić information content (AvgIpc) is 2.48. The number of rotatable bonds is 2. The van der Waals surface area contributed by atoms with Crippen LogP contribution in [0.2, 0.25) is 0 Å². The van der Waals surface area contributed by atoms with Crippen LogP contribution in [0.3, 0.4) is 0 Å². The van der Waals surface area contributed by atoms with Crippen LogP contribution < -0.4 is 5.73 Å². The van der Waals surface area contributed by atoms with Gasteiger partial charge in [0, 0.05) is 41.5 Å². The number of thioether (sulfide) groups is 1. The van der Waals surface area contributed by atoms with Crippen LogP contribution in [-0.4, -0.2) is 47.8 Å². The minimum atomic E-state index is -3.53. The zero-order valence-electron chi connectivity index (χ0n) is 12.1. The van der Waals surface area contributed by atoms with Crippen LogP contribution in [-0.2, 0) is 10.0 Å². The SMILES string of the molecule is CC1SCCN(S(=O)(=O)c2cncc(C#CCN)c2)C1C. The Morgan fingerprint density at radius 2 is 2.24 bits per heavy atom. The van der Waals surface area contributed by atoms with Gasteiger partial charge in [0.1, 0.15) is 4.90 Å². The molecule has 2 unspecified atom stereocenters. The monoisotopic (exact) mass is 325 g/mol. The Hall–Kier alpha value is -1.07. The molecule has 0 aliphatic carbocycles. The van der Waals surface area contributed by atoms with E-state index >= 15 is 0 Å². The van der Waals surface area contributed by atoms with Crippen molar-refractivity contribution in [2.24, 2.45) is 5.73 Å². The minimum Gasteiger partial charge on any atom is -0.320 e. The fraction of sp³-hybridized carbons (Fsp3) is 0.500. The third-order valence-corrected chi connectivity index (χ3v) is 6.77. The zero-order valence-corrected chi connectivity index (χ0v) is 13.7. The Kier molecular flexibility index (Phi) is 5.27. The molecule has 1 aliphatic rings. The number of nitrogens with two attached hydrogens (primary N) is 1. The van der Waals surface area contributed by atoms with Crippen molar-refractivity contribution in [1.82, 2.24) is 9.29 Å². The molecule has 0 amide bonds. The normalized spacial score (nSPS) is 23.4. The summed E-state index contributed by atoms with van der Waals surface area (Å²) in [5.41, 5.74) is 5.89. The van der Waals surface area contributed by atoms with Crippen LogP contribution in [0.25, 0.3) is 0 Å². The summed E-state index contributed by atoms with van der Waals surface area (Å²) in [6.45, 7) is 4.75. The van der Waals surface area contributed by atoms with Gasteiger partial charge in [0.2, 0.25) is 10.0 Å². The Morgan fingerprint density at radius 3 is 2.95 bits per heavy atom. The van der Waals surface area contributed by atoms with Gasteiger partial charge in [-0.3, -0.25) is 4.98 Å². The highest BCUT2D eigenvalue weighted by Crippen LogP contribution is 2.29. The van der Waals surface area contributed by atoms with Crippen molar-refractivity contribution in [3.63, 3.8) is 0 Å². The number of pyridine rings is 1. The zero-order chi connectivity index (χ0) is 15.5. The topological polar surface area (TPSA) is 76.3 Å². The van der Waals surface area contributed by atoms with Crippen LogP contribution in [0.1, 0.15) is 19.4 Å². The lowest BCUT2D eigenvalue weighted by Crippen LogP contribution is -2.47. The van der Waals surface area contributed by atoms with Crippen molar-refractivity contribution in [2.45, 2.75) is 30.0 Å². The Labute approximate surface area is 130 Å². The van der Waals surface area contributed by atoms with Gasteiger partial charge in [-0.15, -0.1) is 0 Å². The van der Waals surface area contributed by atoms with E-state index in [1.165, 1.54) is 6.20 Å². The Morgan fingerprint density at radius 1 is 1.48 bits per heavy atom. The summed E-state index contributed by atoms with van der Waals surface area (Å²) in [5, 5.41) is 0.279. The lowest BCUT2D eigenvalue weighted by atomic mass is 10.2. The van der Waals surface area contributed by atoms with E-state index in [-0.39, 0.29) is 22.7 Å². The van der Waals surface area contributed by atoms with Gasteiger partial charge in [0.15, 0.2) is 0 Å². The maximum Gasteiger partial charge on any atom is 0.244 e. The molecule has 0 aromatic carbocycles. The molecule has 2 atom stereocenters. The van der Waals surface area contributed by atoms with Gasteiger partial charge in [-0.1, -0.05) is 18.8 Å². The van der Waals surface area contributed by atoms with E-state index < -0.39 is 10.0 Å². The first kappa shape index (κ1) is 16.3. The van der Waals surface area contributed by atoms with E-state index in [2.05, 4.69) is 23.7 Å². The quantitative estimate of drug-likeness (QED) is 0.818. The second-order valence-electron chi connectivity index (χ2n) is 4.85. The first-order valence-electron chi connectivity index (χ1n) is 6.74. The summed E-state index contributed by atoms with van der Waals surface area (Å²) in [4.78, 5) is 4.18. The molecule has 1 aromatic rings. The molecule has 1 aliphatic heterocycles. The van der Waals surface area contributed by atoms with Gasteiger partial charge < -0.3 is 5.73 Å². The maximum atomic E-state index is 12.8. The second kappa shape index (κ2) is 6.79. The van der Waals surface area contributed by atoms with Gasteiger partial charge >= 0.3 is 0 Å². The molecule has 1 aromatic heterocycles. The molecule has 0 bridgehead atoms. The van der Waals surface area contributed by atoms with Crippen molar-refractivity contribution in [2.75, 3.05) is 18.8 Å². The van der Waals surface area contributed by atoms with Gasteiger partial charge in [-0.05, 0) is 13.0 Å². The molecule has 1 fully saturated rings. The van der Waals surface area contributed by atoms with Crippen molar-refractivity contribution < 1.29 is 8.42 Å². The smallest absolute Gasteiger partial charge is 0.244 e. The van der Waals surface area contributed by atoms with Crippen molar-refractivity contribution in [1.29, 1.82) is 0 Å². The third-order valence-electron chi connectivity index (χ3n) is 3.48. The lowest BCUT2D eigenvalue weighted by Gasteiger charge is -2.36. The van der Waals surface area contributed by atoms with E-state index in [1.54, 1.807) is 28.3 Å². The van der Waals surface area contributed by atoms with Crippen LogP contribution in [0.15, 0.2) is 23.4 Å². The number of sulfonamides is 1. The van der Waals surface area contributed by atoms with Gasteiger partial charge in [-0.25, -0.2) is 8.42 Å². The third kappa shape index (κ3) is 3.58. The number of aromatic nitrogens is 1. The molecule has 5 nitrogen and oxygen atoms in total. The number of hydrogen-bond acceptors (Lipinski definition) is 5. The summed E-state index contributed by atoms with van der Waals surface area (Å²) in [6.07, 6.45) is 2.92. The first-order chi connectivity index (χ1) is 9.96. The fourth-order valence-corrected chi connectivity index (χ4v) is 5.15. The van der Waals surface area contributed by atoms with Crippen molar-refractivity contribution in [3.05, 3.63) is 24.0 Å². The molecule has 2 rings (SSSR count). The van der Waals surface area contributed by atoms with Gasteiger partial charge in [-0.2, -0.15) is 16.1 Å². The van der Waals surface area contributed by atoms with Gasteiger partial charge in [0.25, 0.3) is 0 Å².